The van der Waals surface area contributed by atoms with Crippen LogP contribution in [-0.4, -0.2) is 33.4 Å². The van der Waals surface area contributed by atoms with Crippen LogP contribution in [0.1, 0.15) is 0 Å². The van der Waals surface area contributed by atoms with E-state index in [1.807, 2.05) is 28.9 Å². The quantitative estimate of drug-likeness (QED) is 0.625. The minimum absolute atomic E-state index is 0.945. The summed E-state index contributed by atoms with van der Waals surface area (Å²) in [6.45, 7) is 13.9. The van der Waals surface area contributed by atoms with Gasteiger partial charge < -0.3 is 0 Å². The lowest BCUT2D eigenvalue weighted by molar-refractivity contribution is 1.09. The van der Waals surface area contributed by atoms with E-state index in [1.54, 1.807) is 6.33 Å². The molecule has 2 heterocycles. The Morgan fingerprint density at radius 2 is 1.63 bits per heavy atom. The van der Waals surface area contributed by atoms with Gasteiger partial charge in [-0.1, -0.05) is 50.7 Å². The molecule has 104 valence electrons. The van der Waals surface area contributed by atoms with Crippen LogP contribution in [0, 0.1) is 0 Å². The summed E-state index contributed by atoms with van der Waals surface area (Å²) in [6.07, 6.45) is 3.55. The van der Waals surface area contributed by atoms with Crippen molar-refractivity contribution in [2.75, 3.05) is 0 Å². The number of hydrogen-bond acceptors (Lipinski definition) is 5. The zero-order chi connectivity index (χ0) is 14.3. The fourth-order valence-corrected chi connectivity index (χ4v) is 7.70. The molecule has 0 aliphatic carbocycles. The van der Waals surface area contributed by atoms with Gasteiger partial charge in [0.15, 0.2) is 5.65 Å². The monoisotopic (exact) mass is 328 g/mol. The maximum atomic E-state index is 4.53. The molecule has 19 heavy (non-hydrogen) atoms. The van der Waals surface area contributed by atoms with Crippen LogP contribution in [0.4, 0.5) is 0 Å². The minimum Gasteiger partial charge on any atom is -0.262 e. The molecule has 0 amide bonds. The van der Waals surface area contributed by atoms with Gasteiger partial charge in [0.25, 0.3) is 0 Å². The van der Waals surface area contributed by atoms with Gasteiger partial charge in [-0.15, -0.1) is 11.2 Å². The fourth-order valence-electron chi connectivity index (χ4n) is 1.52. The van der Waals surface area contributed by atoms with E-state index in [1.165, 1.54) is 0 Å². The van der Waals surface area contributed by atoms with Crippen molar-refractivity contribution in [3.8, 4) is 0 Å². The molecule has 0 radical (unpaired) electrons. The lowest BCUT2D eigenvalue weighted by atomic mass is 10.6. The largest absolute Gasteiger partial charge is 0.262 e. The van der Waals surface area contributed by atoms with Gasteiger partial charge in [-0.3, -0.25) is 3.97 Å². The lowest BCUT2D eigenvalue weighted by Crippen LogP contribution is -2.16. The van der Waals surface area contributed by atoms with Crippen LogP contribution >= 0.6 is 22.6 Å². The predicted octanol–water partition coefficient (Wildman–Crippen LogP) is 4.08. The number of rotatable bonds is 4. The molecule has 0 unspecified atom stereocenters. The molecule has 2 rings (SSSR count). The van der Waals surface area contributed by atoms with Crippen LogP contribution in [0.15, 0.2) is 17.7 Å². The molecule has 2 aromatic rings. The van der Waals surface area contributed by atoms with Crippen molar-refractivity contribution in [3.05, 3.63) is 12.7 Å². The Labute approximate surface area is 124 Å². The third-order valence-electron chi connectivity index (χ3n) is 2.04. The van der Waals surface area contributed by atoms with E-state index < -0.39 is 14.4 Å². The molecular formula is C11H20N4S2Si2. The van der Waals surface area contributed by atoms with Crippen LogP contribution in [0.3, 0.4) is 0 Å². The Morgan fingerprint density at radius 3 is 2.21 bits per heavy atom. The van der Waals surface area contributed by atoms with Crippen molar-refractivity contribution < 1.29 is 0 Å². The minimum atomic E-state index is -1.27. The highest BCUT2D eigenvalue weighted by Crippen LogP contribution is 2.33. The van der Waals surface area contributed by atoms with Crippen LogP contribution in [-0.2, 0) is 0 Å². The summed E-state index contributed by atoms with van der Waals surface area (Å²) in [5.41, 5.74) is 1.89. The van der Waals surface area contributed by atoms with E-state index in [-0.39, 0.29) is 0 Å². The molecule has 4 nitrogen and oxygen atoms in total. The van der Waals surface area contributed by atoms with Gasteiger partial charge in [-0.25, -0.2) is 15.0 Å². The second-order valence-corrected chi connectivity index (χ2v) is 24.5. The first-order valence-corrected chi connectivity index (χ1v) is 16.3. The van der Waals surface area contributed by atoms with Crippen molar-refractivity contribution in [3.63, 3.8) is 0 Å². The van der Waals surface area contributed by atoms with E-state index >= 15 is 0 Å². The number of fused-ring (bicyclic) bond motifs is 1. The summed E-state index contributed by atoms with van der Waals surface area (Å²) in [5.74, 6) is 0. The topological polar surface area (TPSA) is 43.6 Å². The Kier molecular flexibility index (Phi) is 4.15. The van der Waals surface area contributed by atoms with Gasteiger partial charge in [0.2, 0.25) is 0 Å². The molecule has 0 saturated carbocycles. The van der Waals surface area contributed by atoms with E-state index in [0.29, 0.717) is 0 Å². The summed E-state index contributed by atoms with van der Waals surface area (Å²) in [5, 5.41) is 1.03. The smallest absolute Gasteiger partial charge is 0.174 e. The Morgan fingerprint density at radius 1 is 0.947 bits per heavy atom. The lowest BCUT2D eigenvalue weighted by Gasteiger charge is -2.16. The van der Waals surface area contributed by atoms with Gasteiger partial charge in [0.05, 0.1) is 0 Å². The van der Waals surface area contributed by atoms with Gasteiger partial charge >= 0.3 is 0 Å². The summed E-state index contributed by atoms with van der Waals surface area (Å²) >= 11 is 3.74. The molecular weight excluding hydrogens is 308 g/mol. The van der Waals surface area contributed by atoms with Crippen LogP contribution in [0.25, 0.3) is 11.2 Å². The Bertz CT molecular complexity index is 586. The maximum Gasteiger partial charge on any atom is 0.174 e. The number of hydrogen-bond donors (Lipinski definition) is 0. The molecule has 0 saturated heterocycles. The third-order valence-corrected chi connectivity index (χ3v) is 8.81. The average Bonchev–Trinajstić information content (AvgIpc) is 2.58. The molecule has 0 atom stereocenters. The maximum absolute atomic E-state index is 4.53. The molecule has 0 aromatic carbocycles. The Hall–Kier alpha value is -0.316. The van der Waals surface area contributed by atoms with Crippen LogP contribution < -0.4 is 0 Å². The highest BCUT2D eigenvalue weighted by molar-refractivity contribution is 8.28. The van der Waals surface area contributed by atoms with Gasteiger partial charge in [-0.2, -0.15) is 0 Å². The first kappa shape index (κ1) is 15.1. The number of imidazole rings is 1. The highest BCUT2D eigenvalue weighted by atomic mass is 32.4. The standard InChI is InChI=1S/C11H20N4S2Si2/c1-18(2,3)16-11-9-10(12-7-13-11)15(8-14-9)17-19(4,5)6/h7-8H,1-6H3. The second-order valence-electron chi connectivity index (χ2n) is 6.34. The summed E-state index contributed by atoms with van der Waals surface area (Å²) in [7, 11) is -2.54. The molecule has 0 bridgehead atoms. The molecule has 8 heteroatoms. The van der Waals surface area contributed by atoms with Crippen molar-refractivity contribution in [2.24, 2.45) is 0 Å². The molecule has 0 fully saturated rings. The summed E-state index contributed by atoms with van der Waals surface area (Å²) < 4.78 is 2.11. The molecule has 0 aliphatic rings. The number of nitrogens with zero attached hydrogens (tertiary/aromatic N) is 4. The predicted molar refractivity (Wildman–Crippen MR) is 90.9 cm³/mol. The van der Waals surface area contributed by atoms with Gasteiger partial charge in [0.1, 0.15) is 37.6 Å². The first-order chi connectivity index (χ1) is 8.66. The van der Waals surface area contributed by atoms with Crippen molar-refractivity contribution in [2.45, 2.75) is 44.3 Å². The second kappa shape index (κ2) is 5.23. The fraction of sp³-hybridized carbons (Fsp3) is 0.545. The van der Waals surface area contributed by atoms with E-state index in [0.717, 1.165) is 16.2 Å². The van der Waals surface area contributed by atoms with Crippen molar-refractivity contribution in [1.29, 1.82) is 0 Å². The zero-order valence-electron chi connectivity index (χ0n) is 12.3. The zero-order valence-corrected chi connectivity index (χ0v) is 15.9. The Balaban J connectivity index is 2.43. The van der Waals surface area contributed by atoms with Crippen LogP contribution in [0.5, 0.6) is 0 Å². The van der Waals surface area contributed by atoms with Crippen molar-refractivity contribution in [1.82, 2.24) is 18.9 Å². The third kappa shape index (κ3) is 4.07. The summed E-state index contributed by atoms with van der Waals surface area (Å²) in [4.78, 5) is 13.4. The highest BCUT2D eigenvalue weighted by Gasteiger charge is 2.22. The number of aromatic nitrogens is 4. The normalized spacial score (nSPS) is 13.2. The van der Waals surface area contributed by atoms with Crippen molar-refractivity contribution >= 4 is 48.2 Å². The summed E-state index contributed by atoms with van der Waals surface area (Å²) in [6, 6.07) is 0. The SMILES string of the molecule is C[Si](C)(C)Sc1ncnc2c1ncn2S[Si](C)(C)C. The van der Waals surface area contributed by atoms with Crippen LogP contribution in [0.2, 0.25) is 39.3 Å². The van der Waals surface area contributed by atoms with Gasteiger partial charge in [-0.05, 0) is 0 Å². The van der Waals surface area contributed by atoms with Gasteiger partial charge in [0, 0.05) is 0 Å². The molecule has 0 N–H and O–H groups in total. The first-order valence-electron chi connectivity index (χ1n) is 6.22. The average molecular weight is 329 g/mol. The van der Waals surface area contributed by atoms with E-state index in [9.17, 15) is 0 Å². The molecule has 0 spiro atoms. The molecule has 2 aromatic heterocycles. The molecule has 0 aliphatic heterocycles. The van der Waals surface area contributed by atoms with E-state index in [2.05, 4.69) is 58.2 Å². The van der Waals surface area contributed by atoms with E-state index in [4.69, 9.17) is 0 Å².